The molecule has 306 valence electrons. The summed E-state index contributed by atoms with van der Waals surface area (Å²) in [6, 6.07) is 4.01. The van der Waals surface area contributed by atoms with Crippen LogP contribution in [0.3, 0.4) is 0 Å². The van der Waals surface area contributed by atoms with Crippen molar-refractivity contribution in [2.45, 2.75) is 121 Å². The lowest BCUT2D eigenvalue weighted by molar-refractivity contribution is -0.152. The largest absolute Gasteiger partial charge is 0.492 e. The van der Waals surface area contributed by atoms with Crippen LogP contribution >= 0.6 is 0 Å². The third-order valence-corrected chi connectivity index (χ3v) is 12.3. The first kappa shape index (κ1) is 40.0. The molecule has 0 spiro atoms. The number of morpholine rings is 1. The lowest BCUT2D eigenvalue weighted by atomic mass is 9.91. The minimum atomic E-state index is -0.984. The smallest absolute Gasteiger partial charge is 0.410 e. The van der Waals surface area contributed by atoms with Crippen LogP contribution in [0.15, 0.2) is 30.4 Å². The monoisotopic (exact) mass is 778 g/mol. The molecule has 2 saturated heterocycles. The molecule has 0 unspecified atom stereocenters. The second-order valence-electron chi connectivity index (χ2n) is 16.2. The Morgan fingerprint density at radius 2 is 1.73 bits per heavy atom. The maximum Gasteiger partial charge on any atom is 0.410 e. The van der Waals surface area contributed by atoms with E-state index in [9.17, 15) is 24.0 Å². The fourth-order valence-corrected chi connectivity index (χ4v) is 8.99. The minimum Gasteiger partial charge on any atom is -0.492 e. The molecule has 14 nitrogen and oxygen atoms in total. The third-order valence-electron chi connectivity index (χ3n) is 12.3. The van der Waals surface area contributed by atoms with E-state index in [0.29, 0.717) is 39.0 Å². The number of rotatable bonds is 9. The highest BCUT2D eigenvalue weighted by Crippen LogP contribution is 2.57. The summed E-state index contributed by atoms with van der Waals surface area (Å²) in [5, 5.41) is 2.83. The Morgan fingerprint density at radius 3 is 2.54 bits per heavy atom. The Balaban J connectivity index is 1.03. The van der Waals surface area contributed by atoms with Crippen LogP contribution in [0.4, 0.5) is 9.59 Å². The summed E-state index contributed by atoms with van der Waals surface area (Å²) < 4.78 is 28.7. The lowest BCUT2D eigenvalue weighted by Gasteiger charge is -2.29. The average molecular weight is 779 g/mol. The molecule has 0 aromatic heterocycles. The van der Waals surface area contributed by atoms with Crippen molar-refractivity contribution in [3.63, 3.8) is 0 Å². The predicted octanol–water partition coefficient (Wildman–Crippen LogP) is 4.91. The molecule has 7 rings (SSSR count). The van der Waals surface area contributed by atoms with Crippen molar-refractivity contribution in [1.29, 1.82) is 0 Å². The number of amides is 3. The Labute approximate surface area is 329 Å². The van der Waals surface area contributed by atoms with Gasteiger partial charge in [-0.05, 0) is 87.5 Å². The van der Waals surface area contributed by atoms with Crippen LogP contribution in [0.2, 0.25) is 0 Å². The summed E-state index contributed by atoms with van der Waals surface area (Å²) in [6.45, 7) is 7.28. The van der Waals surface area contributed by atoms with Gasteiger partial charge in [0.25, 0.3) is 0 Å². The standard InChI is InChI=1S/C42H58N4O10/c1-2-53-39(49)42-24-31(42)10-6-4-3-5-7-13-35(43-40(50)55-32-11-8-9-12-32)38(48)46-28-34(23-36(46)37(47)25-42)56-41(51)45-26-29-14-15-33(22-30(29)27-45)54-21-18-44-16-19-52-20-17-44/h6,10,14-15,22,31-32,34-36H,2-5,7-9,11-13,16-21,23-28H2,1H3,(H,43,50)/b10-6-/t31-,34-,35+,36+,42-/m1/s1. The van der Waals surface area contributed by atoms with E-state index >= 15 is 0 Å². The van der Waals surface area contributed by atoms with Crippen LogP contribution < -0.4 is 10.1 Å². The first-order valence-electron chi connectivity index (χ1n) is 20.9. The fourth-order valence-electron chi connectivity index (χ4n) is 8.99. The maximum absolute atomic E-state index is 14.5. The van der Waals surface area contributed by atoms with Crippen molar-refractivity contribution >= 4 is 29.8 Å². The SMILES string of the molecule is CCOC(=O)[C@]12CC(=O)[C@@H]3C[C@@H](OC(=O)N4Cc5ccc(OCCN6CCOCC6)cc5C4)CN3C(=O)[C@@H](NC(=O)OC3CCCC3)CCCCC/C=C\[C@@H]1C2. The number of alkyl carbamates (subject to hydrolysis) is 1. The van der Waals surface area contributed by atoms with Gasteiger partial charge in [0.05, 0.1) is 37.8 Å². The van der Waals surface area contributed by atoms with Gasteiger partial charge in [-0.3, -0.25) is 24.2 Å². The molecule has 4 heterocycles. The number of nitrogens with zero attached hydrogens (tertiary/aromatic N) is 3. The van der Waals surface area contributed by atoms with Gasteiger partial charge in [0.15, 0.2) is 5.78 Å². The molecule has 4 aliphatic heterocycles. The number of fused-ring (bicyclic) bond motifs is 3. The zero-order valence-corrected chi connectivity index (χ0v) is 32.8. The zero-order chi connectivity index (χ0) is 39.1. The Morgan fingerprint density at radius 1 is 0.946 bits per heavy atom. The van der Waals surface area contributed by atoms with Crippen molar-refractivity contribution in [3.05, 3.63) is 41.5 Å². The molecule has 1 aromatic rings. The Kier molecular flexibility index (Phi) is 13.2. The molecule has 6 aliphatic rings. The number of nitrogens with one attached hydrogen (secondary N) is 1. The second kappa shape index (κ2) is 18.4. The van der Waals surface area contributed by atoms with Crippen LogP contribution in [0.1, 0.15) is 95.1 Å². The molecule has 4 fully saturated rings. The van der Waals surface area contributed by atoms with Crippen LogP contribution in [0.5, 0.6) is 5.75 Å². The quantitative estimate of drug-likeness (QED) is 0.207. The van der Waals surface area contributed by atoms with E-state index in [1.54, 1.807) is 11.8 Å². The molecule has 1 aromatic carbocycles. The number of Topliss-reactive ketones (excluding diaryl/α,β-unsaturated/α-hetero) is 1. The van der Waals surface area contributed by atoms with Crippen LogP contribution in [-0.2, 0) is 46.4 Å². The summed E-state index contributed by atoms with van der Waals surface area (Å²) in [4.78, 5) is 74.3. The molecule has 1 N–H and O–H groups in total. The van der Waals surface area contributed by atoms with Crippen molar-refractivity contribution in [2.75, 3.05) is 52.6 Å². The molecule has 2 aliphatic carbocycles. The molecule has 56 heavy (non-hydrogen) atoms. The third kappa shape index (κ3) is 9.67. The molecule has 0 radical (unpaired) electrons. The molecule has 5 atom stereocenters. The van der Waals surface area contributed by atoms with Crippen molar-refractivity contribution in [2.24, 2.45) is 11.3 Å². The zero-order valence-electron chi connectivity index (χ0n) is 32.8. The minimum absolute atomic E-state index is 0.00547. The van der Waals surface area contributed by atoms with Crippen molar-refractivity contribution in [3.8, 4) is 5.75 Å². The topological polar surface area (TPSA) is 153 Å². The van der Waals surface area contributed by atoms with Crippen molar-refractivity contribution in [1.82, 2.24) is 20.0 Å². The number of hydrogen-bond donors (Lipinski definition) is 1. The van der Waals surface area contributed by atoms with E-state index in [2.05, 4.69) is 16.3 Å². The number of esters is 1. The number of carbonyl (C=O) groups excluding carboxylic acids is 5. The van der Waals surface area contributed by atoms with E-state index in [1.165, 1.54) is 4.90 Å². The van der Waals surface area contributed by atoms with E-state index in [-0.39, 0.29) is 43.8 Å². The van der Waals surface area contributed by atoms with Crippen LogP contribution in [0, 0.1) is 11.3 Å². The Bertz CT molecular complexity index is 1620. The number of ketones is 1. The van der Waals surface area contributed by atoms with Crippen LogP contribution in [-0.4, -0.2) is 121 Å². The molecular weight excluding hydrogens is 720 g/mol. The molecule has 0 bridgehead atoms. The summed E-state index contributed by atoms with van der Waals surface area (Å²) >= 11 is 0. The Hall–Kier alpha value is -4.17. The summed E-state index contributed by atoms with van der Waals surface area (Å²) in [5.41, 5.74) is 0.996. The van der Waals surface area contributed by atoms with Gasteiger partial charge in [-0.1, -0.05) is 31.1 Å². The predicted molar refractivity (Wildman–Crippen MR) is 204 cm³/mol. The highest BCUT2D eigenvalue weighted by molar-refractivity contribution is 5.96. The van der Waals surface area contributed by atoms with Gasteiger partial charge in [0, 0.05) is 45.6 Å². The van der Waals surface area contributed by atoms with Gasteiger partial charge < -0.3 is 33.9 Å². The summed E-state index contributed by atoms with van der Waals surface area (Å²) in [6.07, 6.45) is 9.69. The van der Waals surface area contributed by atoms with E-state index < -0.39 is 47.7 Å². The van der Waals surface area contributed by atoms with Gasteiger partial charge in [0.1, 0.15) is 30.6 Å². The highest BCUT2D eigenvalue weighted by Gasteiger charge is 2.61. The maximum atomic E-state index is 14.5. The number of hydrogen-bond acceptors (Lipinski definition) is 11. The first-order chi connectivity index (χ1) is 27.2. The first-order valence-corrected chi connectivity index (χ1v) is 20.9. The summed E-state index contributed by atoms with van der Waals surface area (Å²) in [7, 11) is 0. The van der Waals surface area contributed by atoms with Gasteiger partial charge in [-0.15, -0.1) is 0 Å². The van der Waals surface area contributed by atoms with Crippen molar-refractivity contribution < 1.29 is 47.7 Å². The number of allylic oxidation sites excluding steroid dienone is 2. The molecular formula is C42H58N4O10. The number of ether oxygens (including phenoxy) is 5. The van der Waals surface area contributed by atoms with Gasteiger partial charge >= 0.3 is 18.2 Å². The number of benzene rings is 1. The fraction of sp³-hybridized carbons (Fsp3) is 0.690. The number of carbonyl (C=O) groups is 5. The molecule has 14 heteroatoms. The normalized spacial score (nSPS) is 29.3. The van der Waals surface area contributed by atoms with E-state index in [1.807, 2.05) is 24.3 Å². The van der Waals surface area contributed by atoms with E-state index in [0.717, 1.165) is 94.7 Å². The van der Waals surface area contributed by atoms with Crippen LogP contribution in [0.25, 0.3) is 0 Å². The second-order valence-corrected chi connectivity index (χ2v) is 16.2. The summed E-state index contributed by atoms with van der Waals surface area (Å²) in [5.74, 6) is -0.473. The molecule has 2 saturated carbocycles. The highest BCUT2D eigenvalue weighted by atomic mass is 16.6. The molecule has 3 amide bonds. The average Bonchev–Trinajstić information content (AvgIpc) is 3.60. The van der Waals surface area contributed by atoms with Gasteiger partial charge in [-0.25, -0.2) is 9.59 Å². The van der Waals surface area contributed by atoms with E-state index in [4.69, 9.17) is 23.7 Å². The van der Waals surface area contributed by atoms with Gasteiger partial charge in [-0.2, -0.15) is 0 Å². The van der Waals surface area contributed by atoms with Gasteiger partial charge in [0.2, 0.25) is 5.91 Å². The lowest BCUT2D eigenvalue weighted by Crippen LogP contribution is -2.52.